The van der Waals surface area contributed by atoms with Crippen molar-refractivity contribution in [2.45, 2.75) is 39.7 Å². The van der Waals surface area contributed by atoms with Crippen molar-refractivity contribution in [3.8, 4) is 11.5 Å². The SMILES string of the molecule is CCOc1cc(CNc2nc(C(C)(C)C)ns2)ccc1OC. The van der Waals surface area contributed by atoms with E-state index in [-0.39, 0.29) is 5.41 Å². The van der Waals surface area contributed by atoms with Crippen molar-refractivity contribution in [2.75, 3.05) is 19.0 Å². The number of nitrogens with one attached hydrogen (secondary N) is 1. The highest BCUT2D eigenvalue weighted by Gasteiger charge is 2.19. The van der Waals surface area contributed by atoms with Crippen LogP contribution in [0.4, 0.5) is 5.13 Å². The summed E-state index contributed by atoms with van der Waals surface area (Å²) in [5.74, 6) is 2.37. The molecule has 1 heterocycles. The molecule has 1 N–H and O–H groups in total. The molecule has 0 saturated heterocycles. The van der Waals surface area contributed by atoms with E-state index < -0.39 is 0 Å². The maximum absolute atomic E-state index is 5.59. The standard InChI is InChI=1S/C16H23N3O2S/c1-6-21-13-9-11(7-8-12(13)20-5)10-17-15-18-14(19-22-15)16(2,3)4/h7-9H,6,10H2,1-5H3,(H,17,18,19). The Morgan fingerprint density at radius 2 is 2.00 bits per heavy atom. The lowest BCUT2D eigenvalue weighted by Gasteiger charge is -2.12. The fourth-order valence-corrected chi connectivity index (χ4v) is 2.63. The quantitative estimate of drug-likeness (QED) is 0.875. The van der Waals surface area contributed by atoms with Gasteiger partial charge in [0.25, 0.3) is 0 Å². The molecule has 120 valence electrons. The first-order valence-corrected chi connectivity index (χ1v) is 8.09. The lowest BCUT2D eigenvalue weighted by molar-refractivity contribution is 0.310. The Hall–Kier alpha value is -1.82. The van der Waals surface area contributed by atoms with E-state index in [1.807, 2.05) is 25.1 Å². The average molecular weight is 321 g/mol. The second-order valence-electron chi connectivity index (χ2n) is 5.94. The number of rotatable bonds is 6. The molecule has 0 amide bonds. The molecule has 0 aliphatic rings. The molecule has 1 aromatic carbocycles. The van der Waals surface area contributed by atoms with Gasteiger partial charge in [-0.05, 0) is 24.6 Å². The summed E-state index contributed by atoms with van der Waals surface area (Å²) in [6, 6.07) is 5.92. The van der Waals surface area contributed by atoms with Crippen molar-refractivity contribution in [1.29, 1.82) is 0 Å². The van der Waals surface area contributed by atoms with Crippen LogP contribution in [0, 0.1) is 0 Å². The van der Waals surface area contributed by atoms with Gasteiger partial charge in [0.05, 0.1) is 13.7 Å². The molecule has 0 spiro atoms. The molecule has 0 aliphatic heterocycles. The number of nitrogens with zero attached hydrogens (tertiary/aromatic N) is 2. The second kappa shape index (κ2) is 6.96. The Morgan fingerprint density at radius 3 is 2.59 bits per heavy atom. The number of anilines is 1. The minimum atomic E-state index is -0.0291. The smallest absolute Gasteiger partial charge is 0.202 e. The molecule has 22 heavy (non-hydrogen) atoms. The highest BCUT2D eigenvalue weighted by Crippen LogP contribution is 2.29. The van der Waals surface area contributed by atoms with E-state index in [1.165, 1.54) is 11.5 Å². The number of ether oxygens (including phenoxy) is 2. The molecule has 0 atom stereocenters. The van der Waals surface area contributed by atoms with Gasteiger partial charge in [-0.2, -0.15) is 4.37 Å². The van der Waals surface area contributed by atoms with Gasteiger partial charge in [-0.25, -0.2) is 4.98 Å². The monoisotopic (exact) mass is 321 g/mol. The van der Waals surface area contributed by atoms with Gasteiger partial charge in [-0.1, -0.05) is 26.8 Å². The molecule has 0 aliphatic carbocycles. The van der Waals surface area contributed by atoms with Crippen LogP contribution in [0.25, 0.3) is 0 Å². The third-order valence-electron chi connectivity index (χ3n) is 3.07. The maximum atomic E-state index is 5.59. The third-order valence-corrected chi connectivity index (χ3v) is 3.74. The summed E-state index contributed by atoms with van der Waals surface area (Å²) in [5, 5.41) is 4.14. The van der Waals surface area contributed by atoms with Gasteiger partial charge in [0, 0.05) is 23.5 Å². The highest BCUT2D eigenvalue weighted by atomic mass is 32.1. The van der Waals surface area contributed by atoms with Crippen molar-refractivity contribution in [3.05, 3.63) is 29.6 Å². The molecule has 0 radical (unpaired) electrons. The van der Waals surface area contributed by atoms with Crippen LogP contribution in [0.15, 0.2) is 18.2 Å². The molecule has 0 bridgehead atoms. The summed E-state index contributed by atoms with van der Waals surface area (Å²) >= 11 is 1.39. The summed E-state index contributed by atoms with van der Waals surface area (Å²) < 4.78 is 15.3. The van der Waals surface area contributed by atoms with E-state index in [9.17, 15) is 0 Å². The Bertz CT molecular complexity index is 620. The minimum absolute atomic E-state index is 0.0291. The topological polar surface area (TPSA) is 56.3 Å². The van der Waals surface area contributed by atoms with Crippen LogP contribution < -0.4 is 14.8 Å². The van der Waals surface area contributed by atoms with Crippen LogP contribution in [-0.2, 0) is 12.0 Å². The van der Waals surface area contributed by atoms with E-state index in [4.69, 9.17) is 9.47 Å². The Balaban J connectivity index is 2.05. The molecular formula is C16H23N3O2S. The number of benzene rings is 1. The number of hydrogen-bond donors (Lipinski definition) is 1. The minimum Gasteiger partial charge on any atom is -0.493 e. The van der Waals surface area contributed by atoms with E-state index >= 15 is 0 Å². The molecule has 0 unspecified atom stereocenters. The lowest BCUT2D eigenvalue weighted by atomic mass is 9.96. The molecular weight excluding hydrogens is 298 g/mol. The van der Waals surface area contributed by atoms with Crippen LogP contribution in [0.3, 0.4) is 0 Å². The van der Waals surface area contributed by atoms with Gasteiger partial charge in [-0.15, -0.1) is 0 Å². The summed E-state index contributed by atoms with van der Waals surface area (Å²) in [6.45, 7) is 9.56. The van der Waals surface area contributed by atoms with E-state index in [0.717, 1.165) is 28.0 Å². The molecule has 2 rings (SSSR count). The summed E-state index contributed by atoms with van der Waals surface area (Å²) in [4.78, 5) is 4.53. The van der Waals surface area contributed by atoms with Crippen molar-refractivity contribution < 1.29 is 9.47 Å². The number of aromatic nitrogens is 2. The van der Waals surface area contributed by atoms with Crippen molar-refractivity contribution in [2.24, 2.45) is 0 Å². The number of methoxy groups -OCH3 is 1. The van der Waals surface area contributed by atoms with Gasteiger partial charge < -0.3 is 14.8 Å². The third kappa shape index (κ3) is 4.10. The zero-order valence-corrected chi connectivity index (χ0v) is 14.6. The van der Waals surface area contributed by atoms with E-state index in [1.54, 1.807) is 7.11 Å². The average Bonchev–Trinajstić information content (AvgIpc) is 2.95. The van der Waals surface area contributed by atoms with E-state index in [0.29, 0.717) is 13.2 Å². The molecule has 0 saturated carbocycles. The predicted octanol–water partition coefficient (Wildman–Crippen LogP) is 3.86. The van der Waals surface area contributed by atoms with Gasteiger partial charge in [0.1, 0.15) is 5.82 Å². The van der Waals surface area contributed by atoms with Crippen LogP contribution in [-0.4, -0.2) is 23.1 Å². The first kappa shape index (κ1) is 16.5. The molecule has 1 aromatic heterocycles. The van der Waals surface area contributed by atoms with Gasteiger partial charge >= 0.3 is 0 Å². The van der Waals surface area contributed by atoms with Gasteiger partial charge in [0.15, 0.2) is 11.5 Å². The first-order chi connectivity index (χ1) is 10.4. The normalized spacial score (nSPS) is 11.3. The first-order valence-electron chi connectivity index (χ1n) is 7.31. The second-order valence-corrected chi connectivity index (χ2v) is 6.70. The molecule has 2 aromatic rings. The predicted molar refractivity (Wildman–Crippen MR) is 90.1 cm³/mol. The molecule has 0 fully saturated rings. The number of hydrogen-bond acceptors (Lipinski definition) is 6. The van der Waals surface area contributed by atoms with Crippen molar-refractivity contribution in [3.63, 3.8) is 0 Å². The molecule has 6 heteroatoms. The fraction of sp³-hybridized carbons (Fsp3) is 0.500. The Labute approximate surface area is 135 Å². The van der Waals surface area contributed by atoms with Crippen LogP contribution >= 0.6 is 11.5 Å². The van der Waals surface area contributed by atoms with Crippen LogP contribution in [0.2, 0.25) is 0 Å². The van der Waals surface area contributed by atoms with Crippen molar-refractivity contribution in [1.82, 2.24) is 9.36 Å². The van der Waals surface area contributed by atoms with Crippen LogP contribution in [0.5, 0.6) is 11.5 Å². The van der Waals surface area contributed by atoms with Crippen molar-refractivity contribution >= 4 is 16.7 Å². The lowest BCUT2D eigenvalue weighted by Crippen LogP contribution is -2.13. The molecule has 5 nitrogen and oxygen atoms in total. The van der Waals surface area contributed by atoms with E-state index in [2.05, 4.69) is 35.4 Å². The highest BCUT2D eigenvalue weighted by molar-refractivity contribution is 7.09. The Morgan fingerprint density at radius 1 is 1.23 bits per heavy atom. The fourth-order valence-electron chi connectivity index (χ4n) is 1.88. The summed E-state index contributed by atoms with van der Waals surface area (Å²) in [5.41, 5.74) is 1.08. The van der Waals surface area contributed by atoms with Crippen LogP contribution in [0.1, 0.15) is 39.1 Å². The summed E-state index contributed by atoms with van der Waals surface area (Å²) in [6.07, 6.45) is 0. The van der Waals surface area contributed by atoms with Gasteiger partial charge in [0.2, 0.25) is 5.13 Å². The Kier molecular flexibility index (Phi) is 5.24. The van der Waals surface area contributed by atoms with Gasteiger partial charge in [-0.3, -0.25) is 0 Å². The zero-order chi connectivity index (χ0) is 16.2. The summed E-state index contributed by atoms with van der Waals surface area (Å²) in [7, 11) is 1.64. The largest absolute Gasteiger partial charge is 0.493 e. The maximum Gasteiger partial charge on any atom is 0.202 e. The zero-order valence-electron chi connectivity index (χ0n) is 13.8.